The summed E-state index contributed by atoms with van der Waals surface area (Å²) < 4.78 is 0. The van der Waals surface area contributed by atoms with Gasteiger partial charge >= 0.3 is 0 Å². The maximum Gasteiger partial charge on any atom is 0.00253 e. The lowest BCUT2D eigenvalue weighted by Crippen LogP contribution is -2.40. The predicted molar refractivity (Wildman–Crippen MR) is 67.7 cm³/mol. The molecule has 1 atom stereocenters. The lowest BCUT2D eigenvalue weighted by Gasteiger charge is -2.39. The van der Waals surface area contributed by atoms with Gasteiger partial charge in [0.25, 0.3) is 0 Å². The fourth-order valence-corrected chi connectivity index (χ4v) is 2.36. The zero-order valence-electron chi connectivity index (χ0n) is 9.49. The zero-order chi connectivity index (χ0) is 10.0. The molecule has 0 aliphatic carbocycles. The van der Waals surface area contributed by atoms with E-state index in [0.717, 1.165) is 13.1 Å². The Morgan fingerprint density at radius 2 is 1.87 bits per heavy atom. The summed E-state index contributed by atoms with van der Waals surface area (Å²) in [4.78, 5) is 0. The monoisotopic (exact) mass is 225 g/mol. The van der Waals surface area contributed by atoms with E-state index in [1.165, 1.54) is 12.0 Å². The minimum atomic E-state index is 0. The van der Waals surface area contributed by atoms with Crippen molar-refractivity contribution in [3.8, 4) is 0 Å². The van der Waals surface area contributed by atoms with Gasteiger partial charge in [0.05, 0.1) is 0 Å². The Labute approximate surface area is 98.7 Å². The molecule has 1 aromatic rings. The van der Waals surface area contributed by atoms with E-state index in [4.69, 9.17) is 0 Å². The largest absolute Gasteiger partial charge is 0.316 e. The molecule has 1 N–H and O–H groups in total. The van der Waals surface area contributed by atoms with Gasteiger partial charge < -0.3 is 5.32 Å². The third kappa shape index (κ3) is 2.73. The van der Waals surface area contributed by atoms with Crippen molar-refractivity contribution in [3.05, 3.63) is 35.9 Å². The van der Waals surface area contributed by atoms with Gasteiger partial charge in [-0.05, 0) is 23.9 Å². The summed E-state index contributed by atoms with van der Waals surface area (Å²) >= 11 is 0. The second-order valence-corrected chi connectivity index (χ2v) is 4.91. The lowest BCUT2D eigenvalue weighted by molar-refractivity contribution is 0.214. The molecular weight excluding hydrogens is 206 g/mol. The maximum absolute atomic E-state index is 3.49. The summed E-state index contributed by atoms with van der Waals surface area (Å²) in [7, 11) is 0. The normalized spacial score (nSPS) is 24.3. The molecule has 15 heavy (non-hydrogen) atoms. The Hall–Kier alpha value is -0.530. The first-order chi connectivity index (χ1) is 6.70. The van der Waals surface area contributed by atoms with Crippen molar-refractivity contribution in [2.24, 2.45) is 5.41 Å². The molecule has 0 amide bonds. The van der Waals surface area contributed by atoms with Crippen LogP contribution in [0.5, 0.6) is 0 Å². The van der Waals surface area contributed by atoms with E-state index in [0.29, 0.717) is 11.3 Å². The van der Waals surface area contributed by atoms with E-state index in [1.54, 1.807) is 0 Å². The second kappa shape index (κ2) is 5.00. The van der Waals surface area contributed by atoms with Crippen LogP contribution in [0.2, 0.25) is 0 Å². The van der Waals surface area contributed by atoms with E-state index in [-0.39, 0.29) is 12.4 Å². The number of rotatable bonds is 1. The summed E-state index contributed by atoms with van der Waals surface area (Å²) in [5.74, 6) is 0.664. The van der Waals surface area contributed by atoms with Crippen molar-refractivity contribution in [2.75, 3.05) is 13.1 Å². The minimum Gasteiger partial charge on any atom is -0.316 e. The van der Waals surface area contributed by atoms with Gasteiger partial charge in [-0.25, -0.2) is 0 Å². The van der Waals surface area contributed by atoms with E-state index >= 15 is 0 Å². The molecule has 0 saturated carbocycles. The maximum atomic E-state index is 3.49. The molecule has 1 fully saturated rings. The first kappa shape index (κ1) is 12.5. The predicted octanol–water partition coefficient (Wildman–Crippen LogP) is 3.21. The van der Waals surface area contributed by atoms with Gasteiger partial charge in [-0.15, -0.1) is 12.4 Å². The average Bonchev–Trinajstić information content (AvgIpc) is 2.18. The smallest absolute Gasteiger partial charge is 0.00253 e. The SMILES string of the molecule is CC1(C)CCNCC1c1ccccc1.Cl. The fourth-order valence-electron chi connectivity index (χ4n) is 2.36. The Kier molecular flexibility index (Phi) is 4.18. The molecule has 1 aliphatic heterocycles. The number of benzene rings is 1. The highest BCUT2D eigenvalue weighted by molar-refractivity contribution is 5.85. The van der Waals surface area contributed by atoms with Crippen molar-refractivity contribution in [1.29, 1.82) is 0 Å². The molecule has 1 saturated heterocycles. The Bertz CT molecular complexity index is 295. The lowest BCUT2D eigenvalue weighted by atomic mass is 9.71. The molecule has 1 nitrogen and oxygen atoms in total. The summed E-state index contributed by atoms with van der Waals surface area (Å²) in [5, 5.41) is 3.49. The molecule has 1 heterocycles. The van der Waals surface area contributed by atoms with Crippen LogP contribution in [0.3, 0.4) is 0 Å². The molecule has 0 bridgehead atoms. The highest BCUT2D eigenvalue weighted by Crippen LogP contribution is 2.39. The third-order valence-corrected chi connectivity index (χ3v) is 3.44. The third-order valence-electron chi connectivity index (χ3n) is 3.44. The van der Waals surface area contributed by atoms with Crippen molar-refractivity contribution in [3.63, 3.8) is 0 Å². The zero-order valence-corrected chi connectivity index (χ0v) is 10.3. The highest BCUT2D eigenvalue weighted by Gasteiger charge is 2.32. The fraction of sp³-hybridized carbons (Fsp3) is 0.538. The number of piperidine rings is 1. The van der Waals surface area contributed by atoms with Crippen LogP contribution in [0, 0.1) is 5.41 Å². The average molecular weight is 226 g/mol. The summed E-state index contributed by atoms with van der Waals surface area (Å²) in [6.07, 6.45) is 1.27. The summed E-state index contributed by atoms with van der Waals surface area (Å²) in [6, 6.07) is 10.9. The quantitative estimate of drug-likeness (QED) is 0.774. The van der Waals surface area contributed by atoms with Crippen LogP contribution in [0.25, 0.3) is 0 Å². The number of hydrogen-bond acceptors (Lipinski definition) is 1. The number of nitrogens with one attached hydrogen (secondary N) is 1. The summed E-state index contributed by atoms with van der Waals surface area (Å²) in [6.45, 7) is 7.05. The van der Waals surface area contributed by atoms with Crippen LogP contribution < -0.4 is 5.32 Å². The van der Waals surface area contributed by atoms with Crippen LogP contribution in [-0.4, -0.2) is 13.1 Å². The molecule has 84 valence electrons. The molecule has 2 rings (SSSR count). The van der Waals surface area contributed by atoms with Gasteiger partial charge in [-0.3, -0.25) is 0 Å². The number of halogens is 1. The van der Waals surface area contributed by atoms with Gasteiger partial charge in [-0.2, -0.15) is 0 Å². The standard InChI is InChI=1S/C13H19N.ClH/c1-13(2)8-9-14-10-12(13)11-6-4-3-5-7-11;/h3-7,12,14H,8-10H2,1-2H3;1H. The van der Waals surface area contributed by atoms with E-state index in [9.17, 15) is 0 Å². The first-order valence-electron chi connectivity index (χ1n) is 5.46. The Morgan fingerprint density at radius 1 is 1.20 bits per heavy atom. The van der Waals surface area contributed by atoms with Crippen LogP contribution in [0.15, 0.2) is 30.3 Å². The minimum absolute atomic E-state index is 0. The van der Waals surface area contributed by atoms with Crippen molar-refractivity contribution in [2.45, 2.75) is 26.2 Å². The molecule has 1 aromatic carbocycles. The van der Waals surface area contributed by atoms with Gasteiger partial charge in [0, 0.05) is 12.5 Å². The van der Waals surface area contributed by atoms with E-state index < -0.39 is 0 Å². The van der Waals surface area contributed by atoms with Crippen LogP contribution in [0.4, 0.5) is 0 Å². The van der Waals surface area contributed by atoms with Gasteiger partial charge in [0.1, 0.15) is 0 Å². The molecule has 0 spiro atoms. The van der Waals surface area contributed by atoms with Gasteiger partial charge in [0.2, 0.25) is 0 Å². The second-order valence-electron chi connectivity index (χ2n) is 4.91. The van der Waals surface area contributed by atoms with Gasteiger partial charge in [0.15, 0.2) is 0 Å². The molecular formula is C13H20ClN. The summed E-state index contributed by atoms with van der Waals surface area (Å²) in [5.41, 5.74) is 1.91. The van der Waals surface area contributed by atoms with Gasteiger partial charge in [-0.1, -0.05) is 44.2 Å². The Morgan fingerprint density at radius 3 is 2.47 bits per heavy atom. The first-order valence-corrected chi connectivity index (χ1v) is 5.46. The van der Waals surface area contributed by atoms with Crippen LogP contribution >= 0.6 is 12.4 Å². The molecule has 0 radical (unpaired) electrons. The molecule has 1 unspecified atom stereocenters. The van der Waals surface area contributed by atoms with Crippen molar-refractivity contribution >= 4 is 12.4 Å². The van der Waals surface area contributed by atoms with Crippen molar-refractivity contribution < 1.29 is 0 Å². The molecule has 0 aromatic heterocycles. The number of hydrogen-bond donors (Lipinski definition) is 1. The van der Waals surface area contributed by atoms with Crippen LogP contribution in [0.1, 0.15) is 31.7 Å². The van der Waals surface area contributed by atoms with Crippen LogP contribution in [-0.2, 0) is 0 Å². The van der Waals surface area contributed by atoms with E-state index in [1.807, 2.05) is 0 Å². The highest BCUT2D eigenvalue weighted by atomic mass is 35.5. The Balaban J connectivity index is 0.00000112. The van der Waals surface area contributed by atoms with E-state index in [2.05, 4.69) is 49.5 Å². The van der Waals surface area contributed by atoms with Crippen molar-refractivity contribution in [1.82, 2.24) is 5.32 Å². The molecule has 2 heteroatoms. The molecule has 1 aliphatic rings. The topological polar surface area (TPSA) is 12.0 Å².